The first-order valence-corrected chi connectivity index (χ1v) is 8.74. The summed E-state index contributed by atoms with van der Waals surface area (Å²) in [6.07, 6.45) is -0.274. The van der Waals surface area contributed by atoms with Crippen molar-refractivity contribution in [2.75, 3.05) is 0 Å². The molecule has 130 valence electrons. The summed E-state index contributed by atoms with van der Waals surface area (Å²) in [7, 11) is 1.80. The van der Waals surface area contributed by atoms with E-state index in [1.165, 1.54) is 4.68 Å². The molecule has 0 bridgehead atoms. The molecule has 26 heavy (non-hydrogen) atoms. The number of para-hydroxylation sites is 1. The molecular weight excluding hydrogens is 398 g/mol. The van der Waals surface area contributed by atoms with Crippen molar-refractivity contribution in [2.24, 2.45) is 7.05 Å². The highest BCUT2D eigenvalue weighted by Gasteiger charge is 2.22. The van der Waals surface area contributed by atoms with Crippen LogP contribution in [0.1, 0.15) is 5.69 Å². The minimum atomic E-state index is -0.999. The second-order valence-corrected chi connectivity index (χ2v) is 6.84. The Morgan fingerprint density at radius 1 is 1.12 bits per heavy atom. The van der Waals surface area contributed by atoms with E-state index in [-0.39, 0.29) is 12.0 Å². The van der Waals surface area contributed by atoms with Gasteiger partial charge in [0.1, 0.15) is 5.52 Å². The molecule has 2 aromatic carbocycles. The number of carbonyl (C=O) groups is 1. The molecule has 0 aliphatic carbocycles. The van der Waals surface area contributed by atoms with Gasteiger partial charge in [-0.2, -0.15) is 9.78 Å². The van der Waals surface area contributed by atoms with Crippen LogP contribution in [0, 0.1) is 0 Å². The van der Waals surface area contributed by atoms with Crippen molar-refractivity contribution < 1.29 is 9.90 Å². The van der Waals surface area contributed by atoms with Crippen molar-refractivity contribution in [3.8, 4) is 5.69 Å². The van der Waals surface area contributed by atoms with Crippen LogP contribution in [0.2, 0.25) is 0 Å². The standard InChI is InChI=1S/C19H14BrN3O3/c1-22-14-9-5-8-12(20)16(14)17-13(10-15(24)25)21-23(19(26)18(17)22)11-6-3-2-4-7-11/h2-9H,10H2,1H3,(H,24,25). The number of nitrogens with zero attached hydrogens (tertiary/aromatic N) is 3. The van der Waals surface area contributed by atoms with E-state index >= 15 is 0 Å². The van der Waals surface area contributed by atoms with Gasteiger partial charge in [-0.3, -0.25) is 9.59 Å². The van der Waals surface area contributed by atoms with Gasteiger partial charge in [-0.15, -0.1) is 0 Å². The molecule has 1 N–H and O–H groups in total. The molecule has 0 saturated heterocycles. The summed E-state index contributed by atoms with van der Waals surface area (Å²) in [6, 6.07) is 14.6. The lowest BCUT2D eigenvalue weighted by Gasteiger charge is -2.09. The van der Waals surface area contributed by atoms with Crippen molar-refractivity contribution in [3.05, 3.63) is 69.1 Å². The second kappa shape index (κ2) is 6.10. The van der Waals surface area contributed by atoms with E-state index in [1.54, 1.807) is 23.7 Å². The first-order valence-electron chi connectivity index (χ1n) is 7.95. The van der Waals surface area contributed by atoms with Gasteiger partial charge in [-0.1, -0.05) is 40.2 Å². The Kier molecular flexibility index (Phi) is 3.88. The number of aliphatic carboxylic acids is 1. The van der Waals surface area contributed by atoms with Crippen LogP contribution in [0.25, 0.3) is 27.5 Å². The predicted molar refractivity (Wildman–Crippen MR) is 103 cm³/mol. The molecule has 0 atom stereocenters. The van der Waals surface area contributed by atoms with E-state index in [0.29, 0.717) is 22.3 Å². The van der Waals surface area contributed by atoms with Crippen molar-refractivity contribution >= 4 is 43.7 Å². The normalized spacial score (nSPS) is 11.3. The molecular formula is C19H14BrN3O3. The number of aryl methyl sites for hydroxylation is 1. The van der Waals surface area contributed by atoms with Gasteiger partial charge >= 0.3 is 5.97 Å². The topological polar surface area (TPSA) is 77.1 Å². The number of fused-ring (bicyclic) bond motifs is 3. The number of carboxylic acids is 1. The van der Waals surface area contributed by atoms with Crippen molar-refractivity contribution in [1.29, 1.82) is 0 Å². The van der Waals surface area contributed by atoms with E-state index in [1.807, 2.05) is 36.4 Å². The van der Waals surface area contributed by atoms with Gasteiger partial charge in [0.25, 0.3) is 5.56 Å². The zero-order chi connectivity index (χ0) is 18.4. The molecule has 0 saturated carbocycles. The average molecular weight is 412 g/mol. The summed E-state index contributed by atoms with van der Waals surface area (Å²) < 4.78 is 3.86. The van der Waals surface area contributed by atoms with Gasteiger partial charge < -0.3 is 9.67 Å². The molecule has 0 amide bonds. The molecule has 4 aromatic rings. The molecule has 6 nitrogen and oxygen atoms in total. The number of halogens is 1. The highest BCUT2D eigenvalue weighted by atomic mass is 79.9. The van der Waals surface area contributed by atoms with Gasteiger partial charge in [-0.25, -0.2) is 0 Å². The molecule has 0 radical (unpaired) electrons. The van der Waals surface area contributed by atoms with Crippen molar-refractivity contribution in [2.45, 2.75) is 6.42 Å². The fraction of sp³-hybridized carbons (Fsp3) is 0.105. The van der Waals surface area contributed by atoms with E-state index in [9.17, 15) is 14.7 Å². The first kappa shape index (κ1) is 16.5. The lowest BCUT2D eigenvalue weighted by molar-refractivity contribution is -0.136. The summed E-state index contributed by atoms with van der Waals surface area (Å²) in [5.74, 6) is -0.999. The van der Waals surface area contributed by atoms with Crippen LogP contribution in [-0.4, -0.2) is 25.4 Å². The Balaban J connectivity index is 2.23. The maximum atomic E-state index is 13.2. The minimum Gasteiger partial charge on any atom is -0.481 e. The van der Waals surface area contributed by atoms with E-state index in [0.717, 1.165) is 15.4 Å². The number of aromatic nitrogens is 3. The maximum absolute atomic E-state index is 13.2. The summed E-state index contributed by atoms with van der Waals surface area (Å²) in [4.78, 5) is 24.6. The smallest absolute Gasteiger partial charge is 0.309 e. The number of hydrogen-bond acceptors (Lipinski definition) is 3. The van der Waals surface area contributed by atoms with Crippen LogP contribution >= 0.6 is 15.9 Å². The third kappa shape index (κ3) is 2.43. The number of carboxylic acid groups (broad SMARTS) is 1. The molecule has 0 unspecified atom stereocenters. The lowest BCUT2D eigenvalue weighted by atomic mass is 10.1. The second-order valence-electron chi connectivity index (χ2n) is 5.99. The Morgan fingerprint density at radius 3 is 2.54 bits per heavy atom. The van der Waals surface area contributed by atoms with Gasteiger partial charge in [-0.05, 0) is 24.3 Å². The fourth-order valence-electron chi connectivity index (χ4n) is 3.31. The van der Waals surface area contributed by atoms with Crippen LogP contribution < -0.4 is 5.56 Å². The Labute approximate surface area is 156 Å². The highest BCUT2D eigenvalue weighted by molar-refractivity contribution is 9.10. The van der Waals surface area contributed by atoms with Crippen molar-refractivity contribution in [3.63, 3.8) is 0 Å². The molecule has 2 heterocycles. The number of rotatable bonds is 3. The Morgan fingerprint density at radius 2 is 1.85 bits per heavy atom. The number of benzene rings is 2. The quantitative estimate of drug-likeness (QED) is 0.561. The van der Waals surface area contributed by atoms with Gasteiger partial charge in [0.05, 0.1) is 23.3 Å². The van der Waals surface area contributed by atoms with Crippen LogP contribution in [0.4, 0.5) is 0 Å². The zero-order valence-electron chi connectivity index (χ0n) is 13.8. The minimum absolute atomic E-state index is 0.274. The highest BCUT2D eigenvalue weighted by Crippen LogP contribution is 2.34. The molecule has 0 spiro atoms. The average Bonchev–Trinajstić information content (AvgIpc) is 2.93. The van der Waals surface area contributed by atoms with Gasteiger partial charge in [0.2, 0.25) is 0 Å². The van der Waals surface area contributed by atoms with Crippen LogP contribution in [0.5, 0.6) is 0 Å². The predicted octanol–water partition coefficient (Wildman–Crippen LogP) is 3.27. The lowest BCUT2D eigenvalue weighted by Crippen LogP contribution is -2.25. The summed E-state index contributed by atoms with van der Waals surface area (Å²) in [5.41, 5.74) is 1.93. The number of hydrogen-bond donors (Lipinski definition) is 1. The SMILES string of the molecule is Cn1c2cccc(Br)c2c2c(CC(=O)O)nn(-c3ccccc3)c(=O)c21. The monoisotopic (exact) mass is 411 g/mol. The van der Waals surface area contributed by atoms with E-state index in [2.05, 4.69) is 21.0 Å². The van der Waals surface area contributed by atoms with Gasteiger partial charge in [0.15, 0.2) is 0 Å². The van der Waals surface area contributed by atoms with Crippen LogP contribution in [-0.2, 0) is 18.3 Å². The summed E-state index contributed by atoms with van der Waals surface area (Å²) in [5, 5.41) is 15.1. The summed E-state index contributed by atoms with van der Waals surface area (Å²) >= 11 is 3.52. The van der Waals surface area contributed by atoms with Crippen LogP contribution in [0.15, 0.2) is 57.8 Å². The molecule has 0 aliphatic rings. The molecule has 0 aliphatic heterocycles. The maximum Gasteiger partial charge on any atom is 0.309 e. The summed E-state index contributed by atoms with van der Waals surface area (Å²) in [6.45, 7) is 0. The van der Waals surface area contributed by atoms with Gasteiger partial charge in [0, 0.05) is 22.3 Å². The molecule has 0 fully saturated rings. The fourth-order valence-corrected chi connectivity index (χ4v) is 3.86. The molecule has 2 aromatic heterocycles. The van der Waals surface area contributed by atoms with Crippen LogP contribution in [0.3, 0.4) is 0 Å². The van der Waals surface area contributed by atoms with E-state index in [4.69, 9.17) is 0 Å². The zero-order valence-corrected chi connectivity index (χ0v) is 15.4. The van der Waals surface area contributed by atoms with Crippen molar-refractivity contribution in [1.82, 2.24) is 14.3 Å². The third-order valence-corrected chi connectivity index (χ3v) is 5.06. The third-order valence-electron chi connectivity index (χ3n) is 4.40. The first-order chi connectivity index (χ1) is 12.5. The molecule has 7 heteroatoms. The Bertz CT molecular complexity index is 1230. The van der Waals surface area contributed by atoms with E-state index < -0.39 is 5.97 Å². The Hall–Kier alpha value is -2.93. The molecule has 4 rings (SSSR count). The largest absolute Gasteiger partial charge is 0.481 e.